The zero-order valence-corrected chi connectivity index (χ0v) is 28.1. The van der Waals surface area contributed by atoms with E-state index in [9.17, 15) is 4.79 Å². The summed E-state index contributed by atoms with van der Waals surface area (Å²) in [5, 5.41) is 0. The topological polar surface area (TPSA) is 26.3 Å². The average Bonchev–Trinajstić information content (AvgIpc) is 3.18. The summed E-state index contributed by atoms with van der Waals surface area (Å²) in [6, 6.07) is 0. The van der Waals surface area contributed by atoms with Crippen molar-refractivity contribution >= 4 is 37.8 Å². The van der Waals surface area contributed by atoms with Crippen molar-refractivity contribution in [3.05, 3.63) is 0 Å². The monoisotopic (exact) mass is 642 g/mol. The molecule has 2 nitrogen and oxygen atoms in total. The molecule has 11 atom stereocenters. The molecule has 4 fully saturated rings. The number of carbonyl (C=O) groups is 1. The van der Waals surface area contributed by atoms with Crippen LogP contribution in [0.5, 0.6) is 0 Å². The average molecular weight is 645 g/mol. The fourth-order valence-corrected chi connectivity index (χ4v) is 12.1. The zero-order chi connectivity index (χ0) is 27.2. The van der Waals surface area contributed by atoms with E-state index in [4.69, 9.17) is 4.74 Å². The van der Waals surface area contributed by atoms with Crippen molar-refractivity contribution < 1.29 is 9.53 Å². The number of halogens is 2. The highest BCUT2D eigenvalue weighted by Crippen LogP contribution is 2.71. The number of rotatable bonds is 9. The van der Waals surface area contributed by atoms with E-state index in [1.165, 1.54) is 57.8 Å². The van der Waals surface area contributed by atoms with Crippen LogP contribution in [0.4, 0.5) is 0 Å². The maximum absolute atomic E-state index is 12.6. The van der Waals surface area contributed by atoms with Gasteiger partial charge in [0.15, 0.2) is 0 Å². The molecule has 0 saturated heterocycles. The third-order valence-corrected chi connectivity index (χ3v) is 16.0. The fraction of sp³-hybridized carbons (Fsp3) is 0.970. The maximum atomic E-state index is 12.6. The summed E-state index contributed by atoms with van der Waals surface area (Å²) >= 11 is 8.62. The van der Waals surface area contributed by atoms with Crippen molar-refractivity contribution in [1.82, 2.24) is 0 Å². The van der Waals surface area contributed by atoms with Crippen molar-refractivity contribution in [2.75, 3.05) is 0 Å². The fourth-order valence-electron chi connectivity index (χ4n) is 9.94. The largest absolute Gasteiger partial charge is 0.462 e. The Labute approximate surface area is 245 Å². The first-order valence-corrected chi connectivity index (χ1v) is 17.6. The third kappa shape index (κ3) is 5.65. The molecular formula is C33H56Br2O2. The lowest BCUT2D eigenvalue weighted by atomic mass is 9.44. The van der Waals surface area contributed by atoms with Crippen LogP contribution in [0.2, 0.25) is 0 Å². The first-order chi connectivity index (χ1) is 17.4. The normalized spacial score (nSPS) is 45.0. The van der Waals surface area contributed by atoms with E-state index in [-0.39, 0.29) is 21.8 Å². The lowest BCUT2D eigenvalue weighted by Crippen LogP contribution is -2.64. The standard InChI is InChI=1S/C33H56Br2O2/c1-8-22(4)18-30(36)37-24-14-17-32(7)28-15-16-31(6)26(23(5)11-9-10-21(2)3)12-13-27(31)25(28)19-29(34)33(32,35)20-24/h21-29H,8-20H2,1-7H3/t22-,23-,24-,25-,26+,27-,28-,29-,31+,32+,33+/m0/s1. The molecule has 0 amide bonds. The van der Waals surface area contributed by atoms with E-state index >= 15 is 0 Å². The molecule has 37 heavy (non-hydrogen) atoms. The Hall–Kier alpha value is 0.430. The molecule has 4 aliphatic carbocycles. The Balaban J connectivity index is 1.46. The molecule has 0 spiro atoms. The maximum Gasteiger partial charge on any atom is 0.306 e. The van der Waals surface area contributed by atoms with Gasteiger partial charge in [0, 0.05) is 22.0 Å². The highest BCUT2D eigenvalue weighted by Gasteiger charge is 2.67. The summed E-state index contributed by atoms with van der Waals surface area (Å²) in [6.45, 7) is 16.9. The van der Waals surface area contributed by atoms with Crippen molar-refractivity contribution in [2.45, 2.75) is 147 Å². The molecule has 4 heteroatoms. The Morgan fingerprint density at radius 1 is 1.00 bits per heavy atom. The summed E-state index contributed by atoms with van der Waals surface area (Å²) in [5.41, 5.74) is 0.780. The number of hydrogen-bond acceptors (Lipinski definition) is 2. The van der Waals surface area contributed by atoms with Gasteiger partial charge in [-0.3, -0.25) is 4.79 Å². The molecule has 0 aromatic heterocycles. The van der Waals surface area contributed by atoms with Crippen molar-refractivity contribution in [2.24, 2.45) is 52.3 Å². The van der Waals surface area contributed by atoms with Gasteiger partial charge in [-0.1, -0.05) is 106 Å². The summed E-state index contributed by atoms with van der Waals surface area (Å²) < 4.78 is 6.10. The number of esters is 1. The molecule has 0 aromatic carbocycles. The van der Waals surface area contributed by atoms with Crippen LogP contribution < -0.4 is 0 Å². The van der Waals surface area contributed by atoms with Gasteiger partial charge in [0.05, 0.1) is 0 Å². The molecule has 4 aliphatic rings. The predicted molar refractivity (Wildman–Crippen MR) is 163 cm³/mol. The number of fused-ring (bicyclic) bond motifs is 5. The molecule has 0 bridgehead atoms. The van der Waals surface area contributed by atoms with E-state index < -0.39 is 0 Å². The second-order valence-electron chi connectivity index (χ2n) is 15.0. The first kappa shape index (κ1) is 30.4. The summed E-state index contributed by atoms with van der Waals surface area (Å²) in [5.74, 6) is 5.50. The quantitative estimate of drug-likeness (QED) is 0.184. The predicted octanol–water partition coefficient (Wildman–Crippen LogP) is 10.3. The van der Waals surface area contributed by atoms with Gasteiger partial charge in [0.2, 0.25) is 0 Å². The van der Waals surface area contributed by atoms with E-state index in [1.54, 1.807) is 0 Å². The van der Waals surface area contributed by atoms with Crippen LogP contribution in [0, 0.1) is 52.3 Å². The molecular weight excluding hydrogens is 588 g/mol. The minimum absolute atomic E-state index is 0.00630. The summed E-state index contributed by atoms with van der Waals surface area (Å²) in [4.78, 5) is 13.1. The van der Waals surface area contributed by atoms with Crippen LogP contribution in [0.1, 0.15) is 132 Å². The molecule has 0 N–H and O–H groups in total. The van der Waals surface area contributed by atoms with Crippen LogP contribution in [0.25, 0.3) is 0 Å². The van der Waals surface area contributed by atoms with E-state index in [2.05, 4.69) is 80.3 Å². The van der Waals surface area contributed by atoms with Crippen molar-refractivity contribution in [3.8, 4) is 0 Å². The van der Waals surface area contributed by atoms with Crippen molar-refractivity contribution in [1.29, 1.82) is 0 Å². The minimum Gasteiger partial charge on any atom is -0.462 e. The Morgan fingerprint density at radius 3 is 2.41 bits per heavy atom. The van der Waals surface area contributed by atoms with Crippen LogP contribution >= 0.6 is 31.9 Å². The highest BCUT2D eigenvalue weighted by molar-refractivity contribution is 9.12. The van der Waals surface area contributed by atoms with Crippen molar-refractivity contribution in [3.63, 3.8) is 0 Å². The minimum atomic E-state index is 0.00630. The van der Waals surface area contributed by atoms with Crippen LogP contribution in [-0.2, 0) is 9.53 Å². The number of carbonyl (C=O) groups excluding carboxylic acids is 1. The van der Waals surface area contributed by atoms with Gasteiger partial charge in [-0.2, -0.15) is 0 Å². The second-order valence-corrected chi connectivity index (χ2v) is 17.5. The second kappa shape index (κ2) is 11.7. The van der Waals surface area contributed by atoms with Crippen LogP contribution in [0.3, 0.4) is 0 Å². The number of ether oxygens (including phenoxy) is 1. The highest BCUT2D eigenvalue weighted by atomic mass is 79.9. The molecule has 0 aromatic rings. The van der Waals surface area contributed by atoms with Gasteiger partial charge in [-0.05, 0) is 97.2 Å². The molecule has 214 valence electrons. The Bertz CT molecular complexity index is 799. The van der Waals surface area contributed by atoms with Gasteiger partial charge >= 0.3 is 5.97 Å². The van der Waals surface area contributed by atoms with Gasteiger partial charge in [0.25, 0.3) is 0 Å². The van der Waals surface area contributed by atoms with Crippen LogP contribution in [0.15, 0.2) is 0 Å². The lowest BCUT2D eigenvalue weighted by Gasteiger charge is -2.66. The molecule has 4 saturated carbocycles. The lowest BCUT2D eigenvalue weighted by molar-refractivity contribution is -0.159. The summed E-state index contributed by atoms with van der Waals surface area (Å²) in [7, 11) is 0. The smallest absolute Gasteiger partial charge is 0.306 e. The van der Waals surface area contributed by atoms with E-state index in [1.807, 2.05) is 0 Å². The van der Waals surface area contributed by atoms with Gasteiger partial charge in [0.1, 0.15) is 6.10 Å². The molecule has 0 unspecified atom stereocenters. The van der Waals surface area contributed by atoms with E-state index in [0.717, 1.165) is 54.8 Å². The number of hydrogen-bond donors (Lipinski definition) is 0. The van der Waals surface area contributed by atoms with Gasteiger partial charge in [-0.15, -0.1) is 0 Å². The first-order valence-electron chi connectivity index (χ1n) is 15.9. The molecule has 0 radical (unpaired) electrons. The number of alkyl halides is 2. The zero-order valence-electron chi connectivity index (χ0n) is 25.0. The molecule has 0 heterocycles. The molecule has 0 aliphatic heterocycles. The van der Waals surface area contributed by atoms with E-state index in [0.29, 0.717) is 22.6 Å². The van der Waals surface area contributed by atoms with Gasteiger partial charge < -0.3 is 4.74 Å². The molecule has 4 rings (SSSR count). The van der Waals surface area contributed by atoms with Crippen LogP contribution in [-0.4, -0.2) is 21.2 Å². The third-order valence-electron chi connectivity index (χ3n) is 12.4. The SMILES string of the molecule is CC[C@H](C)CC(=O)O[C@H]1CC[C@]2(C)[C@H]3CC[C@]4(C)[C@@H]([C@@H](C)CCCC(C)C)CC[C@H]4[C@@H]3C[C@H](Br)[C@]2(Br)C1. The summed E-state index contributed by atoms with van der Waals surface area (Å²) in [6.07, 6.45) is 15.9. The van der Waals surface area contributed by atoms with Gasteiger partial charge in [-0.25, -0.2) is 0 Å². The Morgan fingerprint density at radius 2 is 1.73 bits per heavy atom. The Kier molecular flexibility index (Phi) is 9.64.